The summed E-state index contributed by atoms with van der Waals surface area (Å²) in [6.07, 6.45) is 3.20. The molecule has 3 amide bonds. The third-order valence-corrected chi connectivity index (χ3v) is 6.33. The monoisotopic (exact) mass is 489 g/mol. The average molecular weight is 490 g/mol. The van der Waals surface area contributed by atoms with Gasteiger partial charge in [0.05, 0.1) is 18.9 Å². The number of amides is 3. The Morgan fingerprint density at radius 3 is 2.47 bits per heavy atom. The van der Waals surface area contributed by atoms with Crippen LogP contribution < -0.4 is 15.5 Å². The van der Waals surface area contributed by atoms with Gasteiger partial charge in [0, 0.05) is 18.8 Å². The van der Waals surface area contributed by atoms with Crippen LogP contribution in [-0.4, -0.2) is 43.5 Å². The van der Waals surface area contributed by atoms with Gasteiger partial charge >= 0.3 is 0 Å². The first-order valence-electron chi connectivity index (χ1n) is 12.1. The van der Waals surface area contributed by atoms with E-state index in [-0.39, 0.29) is 24.3 Å². The van der Waals surface area contributed by atoms with Crippen LogP contribution >= 0.6 is 0 Å². The van der Waals surface area contributed by atoms with Crippen LogP contribution in [0.4, 0.5) is 5.69 Å². The Kier molecular flexibility index (Phi) is 8.17. The van der Waals surface area contributed by atoms with Gasteiger partial charge in [0.25, 0.3) is 5.91 Å². The minimum atomic E-state index is -0.942. The van der Waals surface area contributed by atoms with Crippen LogP contribution in [0.1, 0.15) is 46.1 Å². The molecule has 2 aromatic carbocycles. The SMILES string of the molecule is Cc1ccc(N(C(=O)CNC(=O)c2ccco2)[C@@H](C(=O)NC[C@H]2CCCO2)c2ccccc2)cc1C. The van der Waals surface area contributed by atoms with Crippen LogP contribution in [0.25, 0.3) is 0 Å². The minimum Gasteiger partial charge on any atom is -0.459 e. The third-order valence-electron chi connectivity index (χ3n) is 6.33. The minimum absolute atomic E-state index is 0.0382. The Morgan fingerprint density at radius 1 is 1.00 bits per heavy atom. The molecule has 1 aromatic heterocycles. The van der Waals surface area contributed by atoms with E-state index in [4.69, 9.17) is 9.15 Å². The van der Waals surface area contributed by atoms with Crippen LogP contribution in [0.3, 0.4) is 0 Å². The predicted molar refractivity (Wildman–Crippen MR) is 136 cm³/mol. The summed E-state index contributed by atoms with van der Waals surface area (Å²) in [6, 6.07) is 16.9. The van der Waals surface area contributed by atoms with Crippen molar-refractivity contribution < 1.29 is 23.5 Å². The number of nitrogens with one attached hydrogen (secondary N) is 2. The quantitative estimate of drug-likeness (QED) is 0.477. The zero-order valence-electron chi connectivity index (χ0n) is 20.5. The lowest BCUT2D eigenvalue weighted by atomic mass is 10.0. The molecule has 2 N–H and O–H groups in total. The number of benzene rings is 2. The fourth-order valence-corrected chi connectivity index (χ4v) is 4.22. The molecule has 1 fully saturated rings. The first-order valence-corrected chi connectivity index (χ1v) is 12.1. The Morgan fingerprint density at radius 2 is 1.81 bits per heavy atom. The lowest BCUT2D eigenvalue weighted by molar-refractivity contribution is -0.126. The third kappa shape index (κ3) is 6.01. The van der Waals surface area contributed by atoms with E-state index >= 15 is 0 Å². The Balaban J connectivity index is 1.65. The molecule has 3 aromatic rings. The molecule has 188 valence electrons. The summed E-state index contributed by atoms with van der Waals surface area (Å²) >= 11 is 0. The van der Waals surface area contributed by atoms with E-state index in [1.54, 1.807) is 6.07 Å². The number of carbonyl (C=O) groups excluding carboxylic acids is 3. The largest absolute Gasteiger partial charge is 0.459 e. The molecule has 8 heteroatoms. The number of ether oxygens (including phenoxy) is 1. The number of aryl methyl sites for hydroxylation is 2. The molecule has 1 aliphatic rings. The van der Waals surface area contributed by atoms with Gasteiger partial charge in [-0.15, -0.1) is 0 Å². The molecule has 0 saturated carbocycles. The summed E-state index contributed by atoms with van der Waals surface area (Å²) in [5.41, 5.74) is 3.27. The second kappa shape index (κ2) is 11.7. The lowest BCUT2D eigenvalue weighted by Gasteiger charge is -2.32. The molecule has 36 heavy (non-hydrogen) atoms. The summed E-state index contributed by atoms with van der Waals surface area (Å²) in [5.74, 6) is -1.15. The van der Waals surface area contributed by atoms with Crippen molar-refractivity contribution >= 4 is 23.4 Å². The number of furan rings is 1. The highest BCUT2D eigenvalue weighted by Crippen LogP contribution is 2.29. The van der Waals surface area contributed by atoms with E-state index in [0.29, 0.717) is 24.4 Å². The van der Waals surface area contributed by atoms with Gasteiger partial charge in [-0.2, -0.15) is 0 Å². The molecule has 0 radical (unpaired) electrons. The molecular formula is C28H31N3O5. The van der Waals surface area contributed by atoms with Gasteiger partial charge in [0.1, 0.15) is 6.04 Å². The molecule has 0 bridgehead atoms. The molecule has 4 rings (SSSR count). The second-order valence-electron chi connectivity index (χ2n) is 8.89. The molecule has 0 unspecified atom stereocenters. The molecule has 2 atom stereocenters. The molecular weight excluding hydrogens is 458 g/mol. The van der Waals surface area contributed by atoms with Crippen LogP contribution in [0.2, 0.25) is 0 Å². The maximum Gasteiger partial charge on any atom is 0.287 e. The van der Waals surface area contributed by atoms with Crippen LogP contribution in [0, 0.1) is 13.8 Å². The van der Waals surface area contributed by atoms with Crippen molar-refractivity contribution in [2.75, 3.05) is 24.6 Å². The topological polar surface area (TPSA) is 101 Å². The number of nitrogens with zero attached hydrogens (tertiary/aromatic N) is 1. The van der Waals surface area contributed by atoms with Crippen molar-refractivity contribution in [2.45, 2.75) is 38.8 Å². The first-order chi connectivity index (χ1) is 17.4. The average Bonchev–Trinajstić information content (AvgIpc) is 3.61. The maximum absolute atomic E-state index is 13.7. The molecule has 2 heterocycles. The molecule has 8 nitrogen and oxygen atoms in total. The number of hydrogen-bond donors (Lipinski definition) is 2. The summed E-state index contributed by atoms with van der Waals surface area (Å²) in [5, 5.41) is 5.59. The zero-order chi connectivity index (χ0) is 25.5. The molecule has 1 aliphatic heterocycles. The molecule has 1 saturated heterocycles. The maximum atomic E-state index is 13.7. The number of carbonyl (C=O) groups is 3. The van der Waals surface area contributed by atoms with Crippen molar-refractivity contribution in [1.29, 1.82) is 0 Å². The van der Waals surface area contributed by atoms with Crippen molar-refractivity contribution in [3.05, 3.63) is 89.4 Å². The van der Waals surface area contributed by atoms with Crippen molar-refractivity contribution in [1.82, 2.24) is 10.6 Å². The van der Waals surface area contributed by atoms with E-state index < -0.39 is 17.9 Å². The summed E-state index contributed by atoms with van der Waals surface area (Å²) in [4.78, 5) is 41.2. The van der Waals surface area contributed by atoms with Gasteiger partial charge in [-0.05, 0) is 67.6 Å². The smallest absolute Gasteiger partial charge is 0.287 e. The zero-order valence-corrected chi connectivity index (χ0v) is 20.5. The second-order valence-corrected chi connectivity index (χ2v) is 8.89. The fourth-order valence-electron chi connectivity index (χ4n) is 4.22. The van der Waals surface area contributed by atoms with E-state index in [9.17, 15) is 14.4 Å². The van der Waals surface area contributed by atoms with Gasteiger partial charge in [-0.3, -0.25) is 19.3 Å². The van der Waals surface area contributed by atoms with E-state index in [1.165, 1.54) is 17.2 Å². The van der Waals surface area contributed by atoms with Gasteiger partial charge < -0.3 is 19.8 Å². The van der Waals surface area contributed by atoms with Gasteiger partial charge in [-0.25, -0.2) is 0 Å². The lowest BCUT2D eigenvalue weighted by Crippen LogP contribution is -2.48. The highest BCUT2D eigenvalue weighted by Gasteiger charge is 2.33. The summed E-state index contributed by atoms with van der Waals surface area (Å²) in [7, 11) is 0. The molecule has 0 spiro atoms. The number of hydrogen-bond acceptors (Lipinski definition) is 5. The van der Waals surface area contributed by atoms with Gasteiger partial charge in [0.2, 0.25) is 11.8 Å². The van der Waals surface area contributed by atoms with Gasteiger partial charge in [0.15, 0.2) is 5.76 Å². The predicted octanol–water partition coefficient (Wildman–Crippen LogP) is 3.70. The van der Waals surface area contributed by atoms with Crippen LogP contribution in [0.15, 0.2) is 71.3 Å². The van der Waals surface area contributed by atoms with Crippen molar-refractivity contribution in [3.63, 3.8) is 0 Å². The fraction of sp³-hybridized carbons (Fsp3) is 0.321. The van der Waals surface area contributed by atoms with Crippen molar-refractivity contribution in [2.24, 2.45) is 0 Å². The normalized spacial score (nSPS) is 15.8. The first kappa shape index (κ1) is 25.2. The van der Waals surface area contributed by atoms with E-state index in [2.05, 4.69) is 10.6 Å². The Hall–Kier alpha value is -3.91. The number of rotatable bonds is 9. The molecule has 0 aliphatic carbocycles. The highest BCUT2D eigenvalue weighted by atomic mass is 16.5. The summed E-state index contributed by atoms with van der Waals surface area (Å²) in [6.45, 7) is 4.68. The standard InChI is InChI=1S/C28H31N3O5/c1-19-12-13-22(16-20(19)2)31(25(32)18-30-27(33)24-11-7-15-36-24)26(21-8-4-3-5-9-21)28(34)29-17-23-10-6-14-35-23/h3-5,7-9,11-13,15-16,23,26H,6,10,14,17-18H2,1-2H3,(H,29,34)(H,30,33)/t23-,26-/m1/s1. The van der Waals surface area contributed by atoms with E-state index in [1.807, 2.05) is 62.4 Å². The van der Waals surface area contributed by atoms with Crippen LogP contribution in [0.5, 0.6) is 0 Å². The number of anilines is 1. The Bertz CT molecular complexity index is 1190. The van der Waals surface area contributed by atoms with Gasteiger partial charge in [-0.1, -0.05) is 36.4 Å². The van der Waals surface area contributed by atoms with E-state index in [0.717, 1.165) is 24.0 Å². The van der Waals surface area contributed by atoms with Crippen molar-refractivity contribution in [3.8, 4) is 0 Å². The highest BCUT2D eigenvalue weighted by molar-refractivity contribution is 6.04. The van der Waals surface area contributed by atoms with Crippen LogP contribution in [-0.2, 0) is 14.3 Å². The summed E-state index contributed by atoms with van der Waals surface area (Å²) < 4.78 is 10.8. The Labute approximate surface area is 210 Å².